The summed E-state index contributed by atoms with van der Waals surface area (Å²) < 4.78 is 10.3. The predicted molar refractivity (Wildman–Crippen MR) is 89.7 cm³/mol. The molecule has 0 spiro atoms. The molecule has 126 valence electrons. The standard InChI is InChI=1S/C17H18N2O5/c1-11-8-12(4-7-15(11)23-2)9-17(20)18-14-6-5-13(19(21)22)10-16(14)24-3/h4-8,10H,9H2,1-3H3,(H,18,20). The van der Waals surface area contributed by atoms with Crippen LogP contribution in [0.1, 0.15) is 11.1 Å². The summed E-state index contributed by atoms with van der Waals surface area (Å²) in [7, 11) is 2.98. The molecule has 0 unspecified atom stereocenters. The fourth-order valence-corrected chi connectivity index (χ4v) is 2.33. The van der Waals surface area contributed by atoms with Crippen LogP contribution in [0.4, 0.5) is 11.4 Å². The molecule has 0 aliphatic carbocycles. The van der Waals surface area contributed by atoms with Crippen LogP contribution in [0, 0.1) is 17.0 Å². The molecule has 1 amide bonds. The van der Waals surface area contributed by atoms with Gasteiger partial charge in [-0.2, -0.15) is 0 Å². The number of carbonyl (C=O) groups excluding carboxylic acids is 1. The average Bonchev–Trinajstić information content (AvgIpc) is 2.55. The third-order valence-corrected chi connectivity index (χ3v) is 3.49. The molecule has 0 saturated heterocycles. The zero-order valence-electron chi connectivity index (χ0n) is 13.7. The largest absolute Gasteiger partial charge is 0.496 e. The van der Waals surface area contributed by atoms with E-state index in [-0.39, 0.29) is 23.8 Å². The fraction of sp³-hybridized carbons (Fsp3) is 0.235. The summed E-state index contributed by atoms with van der Waals surface area (Å²) in [6, 6.07) is 9.55. The highest BCUT2D eigenvalue weighted by Gasteiger charge is 2.14. The van der Waals surface area contributed by atoms with Gasteiger partial charge in [0.25, 0.3) is 5.69 Å². The number of nitrogens with one attached hydrogen (secondary N) is 1. The second-order valence-electron chi connectivity index (χ2n) is 5.17. The first-order valence-corrected chi connectivity index (χ1v) is 7.20. The second-order valence-corrected chi connectivity index (χ2v) is 5.17. The van der Waals surface area contributed by atoms with E-state index in [4.69, 9.17) is 9.47 Å². The zero-order chi connectivity index (χ0) is 17.7. The van der Waals surface area contributed by atoms with Gasteiger partial charge in [0.15, 0.2) is 0 Å². The third kappa shape index (κ3) is 4.01. The van der Waals surface area contributed by atoms with Crippen LogP contribution in [0.15, 0.2) is 36.4 Å². The van der Waals surface area contributed by atoms with Crippen LogP contribution in [-0.4, -0.2) is 25.1 Å². The van der Waals surface area contributed by atoms with E-state index in [1.54, 1.807) is 7.11 Å². The monoisotopic (exact) mass is 330 g/mol. The van der Waals surface area contributed by atoms with Crippen molar-refractivity contribution in [3.8, 4) is 11.5 Å². The molecule has 2 rings (SSSR count). The van der Waals surface area contributed by atoms with Gasteiger partial charge in [0.05, 0.1) is 37.3 Å². The molecule has 0 atom stereocenters. The number of hydrogen-bond acceptors (Lipinski definition) is 5. The Morgan fingerprint density at radius 3 is 2.42 bits per heavy atom. The predicted octanol–water partition coefficient (Wildman–Crippen LogP) is 3.10. The van der Waals surface area contributed by atoms with Gasteiger partial charge in [0.1, 0.15) is 11.5 Å². The fourth-order valence-electron chi connectivity index (χ4n) is 2.33. The topological polar surface area (TPSA) is 90.7 Å². The van der Waals surface area contributed by atoms with E-state index < -0.39 is 4.92 Å². The van der Waals surface area contributed by atoms with Gasteiger partial charge in [-0.1, -0.05) is 12.1 Å². The van der Waals surface area contributed by atoms with Crippen molar-refractivity contribution >= 4 is 17.3 Å². The lowest BCUT2D eigenvalue weighted by atomic mass is 10.1. The summed E-state index contributed by atoms with van der Waals surface area (Å²) in [6.07, 6.45) is 0.172. The minimum Gasteiger partial charge on any atom is -0.496 e. The number of methoxy groups -OCH3 is 2. The van der Waals surface area contributed by atoms with Gasteiger partial charge in [0, 0.05) is 6.07 Å². The van der Waals surface area contributed by atoms with E-state index in [1.165, 1.54) is 25.3 Å². The SMILES string of the molecule is COc1ccc(CC(=O)Nc2ccc([N+](=O)[O-])cc2OC)cc1C. The summed E-state index contributed by atoms with van der Waals surface area (Å²) in [5, 5.41) is 13.5. The minimum atomic E-state index is -0.520. The van der Waals surface area contributed by atoms with Crippen LogP contribution in [0.2, 0.25) is 0 Å². The molecule has 2 aromatic rings. The maximum absolute atomic E-state index is 12.2. The van der Waals surface area contributed by atoms with Gasteiger partial charge in [-0.3, -0.25) is 14.9 Å². The van der Waals surface area contributed by atoms with Crippen LogP contribution in [-0.2, 0) is 11.2 Å². The third-order valence-electron chi connectivity index (χ3n) is 3.49. The lowest BCUT2D eigenvalue weighted by molar-refractivity contribution is -0.384. The summed E-state index contributed by atoms with van der Waals surface area (Å²) in [4.78, 5) is 22.5. The van der Waals surface area contributed by atoms with E-state index >= 15 is 0 Å². The number of amides is 1. The van der Waals surface area contributed by atoms with Crippen LogP contribution < -0.4 is 14.8 Å². The Balaban J connectivity index is 2.12. The van der Waals surface area contributed by atoms with Crippen LogP contribution in [0.5, 0.6) is 11.5 Å². The Morgan fingerprint density at radius 2 is 1.83 bits per heavy atom. The smallest absolute Gasteiger partial charge is 0.273 e. The molecule has 0 radical (unpaired) electrons. The molecule has 0 aliphatic rings. The molecule has 0 aliphatic heterocycles. The Bertz CT molecular complexity index is 774. The normalized spacial score (nSPS) is 10.1. The molecule has 0 bridgehead atoms. The van der Waals surface area contributed by atoms with Gasteiger partial charge in [-0.25, -0.2) is 0 Å². The van der Waals surface area contributed by atoms with E-state index in [1.807, 2.05) is 25.1 Å². The number of benzene rings is 2. The number of hydrogen-bond donors (Lipinski definition) is 1. The zero-order valence-corrected chi connectivity index (χ0v) is 13.7. The lowest BCUT2D eigenvalue weighted by Gasteiger charge is -2.11. The summed E-state index contributed by atoms with van der Waals surface area (Å²) in [5.74, 6) is 0.756. The van der Waals surface area contributed by atoms with Crippen molar-refractivity contribution in [2.75, 3.05) is 19.5 Å². The van der Waals surface area contributed by atoms with Gasteiger partial charge in [0.2, 0.25) is 5.91 Å². The van der Waals surface area contributed by atoms with Crippen molar-refractivity contribution in [2.45, 2.75) is 13.3 Å². The molecule has 0 heterocycles. The Morgan fingerprint density at radius 1 is 1.12 bits per heavy atom. The lowest BCUT2D eigenvalue weighted by Crippen LogP contribution is -2.15. The number of nitrogens with zero attached hydrogens (tertiary/aromatic N) is 1. The number of nitro benzene ring substituents is 1. The van der Waals surface area contributed by atoms with Crippen LogP contribution >= 0.6 is 0 Å². The Labute approximate surface area is 139 Å². The van der Waals surface area contributed by atoms with Crippen molar-refractivity contribution in [1.82, 2.24) is 0 Å². The molecule has 24 heavy (non-hydrogen) atoms. The number of aryl methyl sites for hydroxylation is 1. The van der Waals surface area contributed by atoms with Crippen LogP contribution in [0.25, 0.3) is 0 Å². The maximum atomic E-state index is 12.2. The first-order chi connectivity index (χ1) is 11.4. The quantitative estimate of drug-likeness (QED) is 0.649. The molecule has 2 aromatic carbocycles. The molecular formula is C17H18N2O5. The number of nitro groups is 1. The summed E-state index contributed by atoms with van der Waals surface area (Å²) in [6.45, 7) is 1.90. The van der Waals surface area contributed by atoms with Crippen LogP contribution in [0.3, 0.4) is 0 Å². The summed E-state index contributed by atoms with van der Waals surface area (Å²) >= 11 is 0. The number of ether oxygens (including phenoxy) is 2. The highest BCUT2D eigenvalue weighted by atomic mass is 16.6. The van der Waals surface area contributed by atoms with Gasteiger partial charge in [-0.05, 0) is 30.2 Å². The van der Waals surface area contributed by atoms with Crippen molar-refractivity contribution < 1.29 is 19.2 Å². The molecule has 0 aromatic heterocycles. The Kier molecular flexibility index (Phi) is 5.36. The number of carbonyl (C=O) groups is 1. The Hall–Kier alpha value is -3.09. The number of rotatable bonds is 6. The van der Waals surface area contributed by atoms with Crippen molar-refractivity contribution in [3.63, 3.8) is 0 Å². The highest BCUT2D eigenvalue weighted by Crippen LogP contribution is 2.29. The van der Waals surface area contributed by atoms with Gasteiger partial charge < -0.3 is 14.8 Å². The molecule has 1 N–H and O–H groups in total. The highest BCUT2D eigenvalue weighted by molar-refractivity contribution is 5.94. The van der Waals surface area contributed by atoms with E-state index in [2.05, 4.69) is 5.32 Å². The molecule has 7 nitrogen and oxygen atoms in total. The number of non-ortho nitro benzene ring substituents is 1. The van der Waals surface area contributed by atoms with E-state index in [0.717, 1.165) is 16.9 Å². The number of anilines is 1. The first-order valence-electron chi connectivity index (χ1n) is 7.20. The van der Waals surface area contributed by atoms with Crippen molar-refractivity contribution in [3.05, 3.63) is 57.6 Å². The second kappa shape index (κ2) is 7.45. The molecule has 0 fully saturated rings. The van der Waals surface area contributed by atoms with Gasteiger partial charge >= 0.3 is 0 Å². The van der Waals surface area contributed by atoms with E-state index in [0.29, 0.717) is 5.69 Å². The van der Waals surface area contributed by atoms with Crippen molar-refractivity contribution in [1.29, 1.82) is 0 Å². The minimum absolute atomic E-state index is 0.101. The molecular weight excluding hydrogens is 312 g/mol. The van der Waals surface area contributed by atoms with Crippen molar-refractivity contribution in [2.24, 2.45) is 0 Å². The van der Waals surface area contributed by atoms with Gasteiger partial charge in [-0.15, -0.1) is 0 Å². The molecule has 7 heteroatoms. The molecule has 0 saturated carbocycles. The maximum Gasteiger partial charge on any atom is 0.273 e. The first kappa shape index (κ1) is 17.3. The average molecular weight is 330 g/mol. The summed E-state index contributed by atoms with van der Waals surface area (Å²) in [5.41, 5.74) is 2.07. The van der Waals surface area contributed by atoms with E-state index in [9.17, 15) is 14.9 Å².